The van der Waals surface area contributed by atoms with Gasteiger partial charge in [-0.25, -0.2) is 0 Å². The van der Waals surface area contributed by atoms with E-state index in [1.165, 1.54) is 11.1 Å². The average molecular weight is 232 g/mol. The number of carbonyl (C=O) groups excluding carboxylic acids is 1. The minimum Gasteiger partial charge on any atom is -0.374 e. The molecule has 0 bridgehead atoms. The molecular weight excluding hydrogens is 212 g/mol. The van der Waals surface area contributed by atoms with Crippen LogP contribution in [0.5, 0.6) is 0 Å². The van der Waals surface area contributed by atoms with Crippen LogP contribution >= 0.6 is 0 Å². The zero-order chi connectivity index (χ0) is 12.6. The Bertz CT molecular complexity index is 452. The largest absolute Gasteiger partial charge is 0.374 e. The molecule has 1 N–H and O–H groups in total. The van der Waals surface area contributed by atoms with Crippen LogP contribution in [0.2, 0.25) is 0 Å². The van der Waals surface area contributed by atoms with Crippen molar-refractivity contribution in [1.29, 1.82) is 0 Å². The Morgan fingerprint density at radius 3 is 2.59 bits per heavy atom. The molecule has 92 valence electrons. The zero-order valence-corrected chi connectivity index (χ0v) is 11.0. The Kier molecular flexibility index (Phi) is 3.09. The van der Waals surface area contributed by atoms with E-state index in [0.717, 1.165) is 17.9 Å². The lowest BCUT2D eigenvalue weighted by Crippen LogP contribution is -2.42. The van der Waals surface area contributed by atoms with E-state index in [0.29, 0.717) is 12.5 Å². The fraction of sp³-hybridized carbons (Fsp3) is 0.500. The van der Waals surface area contributed by atoms with E-state index in [1.54, 1.807) is 0 Å². The molecule has 1 aromatic rings. The number of amides is 1. The third kappa shape index (κ3) is 2.28. The van der Waals surface area contributed by atoms with E-state index in [1.807, 2.05) is 4.90 Å². The third-order valence-electron chi connectivity index (χ3n) is 3.18. The molecular formula is C14H20N2O. The lowest BCUT2D eigenvalue weighted by atomic mass is 10.0. The maximum atomic E-state index is 12.0. The molecule has 3 nitrogen and oxygen atoms in total. The first-order valence-electron chi connectivity index (χ1n) is 6.14. The number of fused-ring (bicyclic) bond motifs is 1. The summed E-state index contributed by atoms with van der Waals surface area (Å²) in [5.41, 5.74) is 4.59. The highest BCUT2D eigenvalue weighted by molar-refractivity contribution is 6.02. The predicted octanol–water partition coefficient (Wildman–Crippen LogP) is 2.72. The predicted molar refractivity (Wildman–Crippen MR) is 71.6 cm³/mol. The summed E-state index contributed by atoms with van der Waals surface area (Å²) in [6, 6.07) is 4.24. The highest BCUT2D eigenvalue weighted by atomic mass is 16.2. The third-order valence-corrected chi connectivity index (χ3v) is 3.18. The van der Waals surface area contributed by atoms with Crippen LogP contribution in [0.15, 0.2) is 12.1 Å². The molecule has 3 heteroatoms. The molecule has 0 radical (unpaired) electrons. The summed E-state index contributed by atoms with van der Waals surface area (Å²) in [5.74, 6) is 0.640. The van der Waals surface area contributed by atoms with E-state index in [-0.39, 0.29) is 5.91 Å². The second-order valence-corrected chi connectivity index (χ2v) is 5.21. The van der Waals surface area contributed by atoms with Crippen molar-refractivity contribution < 1.29 is 4.79 Å². The Morgan fingerprint density at radius 2 is 1.94 bits per heavy atom. The molecule has 0 saturated carbocycles. The molecule has 0 aliphatic carbocycles. The molecule has 2 rings (SSSR count). The van der Waals surface area contributed by atoms with Gasteiger partial charge < -0.3 is 10.2 Å². The number of aryl methyl sites for hydroxylation is 2. The van der Waals surface area contributed by atoms with Gasteiger partial charge in [0.15, 0.2) is 0 Å². The zero-order valence-electron chi connectivity index (χ0n) is 11.0. The van der Waals surface area contributed by atoms with Gasteiger partial charge in [0, 0.05) is 6.54 Å². The number of benzene rings is 1. The van der Waals surface area contributed by atoms with E-state index < -0.39 is 0 Å². The molecule has 0 saturated heterocycles. The lowest BCUT2D eigenvalue weighted by molar-refractivity contribution is -0.117. The monoisotopic (exact) mass is 232 g/mol. The van der Waals surface area contributed by atoms with Crippen LogP contribution in [-0.2, 0) is 4.79 Å². The van der Waals surface area contributed by atoms with Gasteiger partial charge in [0.2, 0.25) is 5.91 Å². The van der Waals surface area contributed by atoms with Crippen molar-refractivity contribution in [3.8, 4) is 0 Å². The van der Waals surface area contributed by atoms with Gasteiger partial charge in [-0.2, -0.15) is 0 Å². The standard InChI is InChI=1S/C14H20N2O/c1-9(2)8-16-13-6-11(4)10(3)5-12(13)15-7-14(16)17/h5-6,9,15H,7-8H2,1-4H3. The molecule has 0 spiro atoms. The number of hydrogen-bond acceptors (Lipinski definition) is 2. The summed E-state index contributed by atoms with van der Waals surface area (Å²) in [5, 5.41) is 3.19. The first-order valence-corrected chi connectivity index (χ1v) is 6.14. The van der Waals surface area contributed by atoms with Crippen LogP contribution in [0.4, 0.5) is 11.4 Å². The van der Waals surface area contributed by atoms with E-state index in [4.69, 9.17) is 0 Å². The van der Waals surface area contributed by atoms with Crippen LogP contribution in [0, 0.1) is 19.8 Å². The summed E-state index contributed by atoms with van der Waals surface area (Å²) < 4.78 is 0. The molecule has 0 unspecified atom stereocenters. The summed E-state index contributed by atoms with van der Waals surface area (Å²) in [7, 11) is 0. The summed E-state index contributed by atoms with van der Waals surface area (Å²) in [6.45, 7) is 9.65. The summed E-state index contributed by atoms with van der Waals surface area (Å²) in [6.07, 6.45) is 0. The van der Waals surface area contributed by atoms with Gasteiger partial charge in [0.05, 0.1) is 17.9 Å². The molecule has 17 heavy (non-hydrogen) atoms. The Balaban J connectivity index is 2.43. The van der Waals surface area contributed by atoms with Gasteiger partial charge in [-0.05, 0) is 43.0 Å². The molecule has 1 aliphatic heterocycles. The second-order valence-electron chi connectivity index (χ2n) is 5.21. The Hall–Kier alpha value is -1.51. The van der Waals surface area contributed by atoms with Gasteiger partial charge in [-0.1, -0.05) is 13.8 Å². The molecule has 0 fully saturated rings. The van der Waals surface area contributed by atoms with Gasteiger partial charge in [0.1, 0.15) is 0 Å². The molecule has 1 aliphatic rings. The first kappa shape index (κ1) is 12.0. The van der Waals surface area contributed by atoms with Crippen LogP contribution < -0.4 is 10.2 Å². The molecule has 1 aromatic carbocycles. The fourth-order valence-electron chi connectivity index (χ4n) is 2.13. The van der Waals surface area contributed by atoms with Crippen molar-refractivity contribution in [3.05, 3.63) is 23.3 Å². The summed E-state index contributed by atoms with van der Waals surface area (Å²) in [4.78, 5) is 13.9. The minimum atomic E-state index is 0.162. The van der Waals surface area contributed by atoms with Crippen LogP contribution in [0.3, 0.4) is 0 Å². The smallest absolute Gasteiger partial charge is 0.246 e. The maximum Gasteiger partial charge on any atom is 0.246 e. The van der Waals surface area contributed by atoms with Gasteiger partial charge in [-0.15, -0.1) is 0 Å². The van der Waals surface area contributed by atoms with Gasteiger partial charge >= 0.3 is 0 Å². The average Bonchev–Trinajstić information content (AvgIpc) is 2.25. The molecule has 1 amide bonds. The molecule has 0 aromatic heterocycles. The van der Waals surface area contributed by atoms with Crippen molar-refractivity contribution >= 4 is 17.3 Å². The topological polar surface area (TPSA) is 32.3 Å². The van der Waals surface area contributed by atoms with Crippen LogP contribution in [-0.4, -0.2) is 19.0 Å². The molecule has 1 heterocycles. The van der Waals surface area contributed by atoms with E-state index >= 15 is 0 Å². The summed E-state index contributed by atoms with van der Waals surface area (Å²) >= 11 is 0. The van der Waals surface area contributed by atoms with Gasteiger partial charge in [-0.3, -0.25) is 4.79 Å². The first-order chi connectivity index (χ1) is 7.99. The highest BCUT2D eigenvalue weighted by Gasteiger charge is 2.24. The van der Waals surface area contributed by atoms with Crippen molar-refractivity contribution in [1.82, 2.24) is 0 Å². The molecule has 0 atom stereocenters. The number of anilines is 2. The Morgan fingerprint density at radius 1 is 1.29 bits per heavy atom. The number of nitrogens with zero attached hydrogens (tertiary/aromatic N) is 1. The number of carbonyl (C=O) groups is 1. The van der Waals surface area contributed by atoms with E-state index in [2.05, 4.69) is 45.1 Å². The van der Waals surface area contributed by atoms with Crippen molar-refractivity contribution in [3.63, 3.8) is 0 Å². The Labute approximate surface area is 103 Å². The number of rotatable bonds is 2. The minimum absolute atomic E-state index is 0.162. The van der Waals surface area contributed by atoms with Crippen molar-refractivity contribution in [2.75, 3.05) is 23.3 Å². The van der Waals surface area contributed by atoms with Crippen LogP contribution in [0.25, 0.3) is 0 Å². The number of nitrogens with one attached hydrogen (secondary N) is 1. The quantitative estimate of drug-likeness (QED) is 0.850. The van der Waals surface area contributed by atoms with Crippen molar-refractivity contribution in [2.45, 2.75) is 27.7 Å². The van der Waals surface area contributed by atoms with Gasteiger partial charge in [0.25, 0.3) is 0 Å². The van der Waals surface area contributed by atoms with Crippen molar-refractivity contribution in [2.24, 2.45) is 5.92 Å². The lowest BCUT2D eigenvalue weighted by Gasteiger charge is -2.32. The maximum absolute atomic E-state index is 12.0. The SMILES string of the molecule is Cc1cc2c(cc1C)N(CC(C)C)C(=O)CN2. The fourth-order valence-corrected chi connectivity index (χ4v) is 2.13. The number of hydrogen-bond donors (Lipinski definition) is 1. The normalized spacial score (nSPS) is 14.9. The van der Waals surface area contributed by atoms with E-state index in [9.17, 15) is 4.79 Å². The van der Waals surface area contributed by atoms with Crippen LogP contribution in [0.1, 0.15) is 25.0 Å². The highest BCUT2D eigenvalue weighted by Crippen LogP contribution is 2.32. The second kappa shape index (κ2) is 4.40.